The van der Waals surface area contributed by atoms with Crippen molar-refractivity contribution in [2.24, 2.45) is 7.05 Å². The van der Waals surface area contributed by atoms with Crippen molar-refractivity contribution in [3.63, 3.8) is 0 Å². The molecule has 13 heavy (non-hydrogen) atoms. The molecule has 7 nitrogen and oxygen atoms in total. The van der Waals surface area contributed by atoms with Crippen LogP contribution in [0.3, 0.4) is 0 Å². The van der Waals surface area contributed by atoms with Crippen molar-refractivity contribution in [1.29, 1.82) is 0 Å². The number of carboxylic acids is 1. The van der Waals surface area contributed by atoms with Gasteiger partial charge in [0.25, 0.3) is 0 Å². The van der Waals surface area contributed by atoms with Gasteiger partial charge in [-0.3, -0.25) is 14.8 Å². The Kier molecular flexibility index (Phi) is 2.01. The molecule has 0 spiro atoms. The van der Waals surface area contributed by atoms with Gasteiger partial charge in [0.2, 0.25) is 5.69 Å². The summed E-state index contributed by atoms with van der Waals surface area (Å²) in [5.41, 5.74) is -0.748. The first-order chi connectivity index (χ1) is 5.95. The molecule has 0 amide bonds. The zero-order chi connectivity index (χ0) is 10.2. The smallest absolute Gasteiger partial charge is 0.363 e. The molecular weight excluding hydrogens is 178 g/mol. The number of aromatic carboxylic acids is 1. The van der Waals surface area contributed by atoms with E-state index < -0.39 is 22.3 Å². The number of nitro groups is 1. The summed E-state index contributed by atoms with van der Waals surface area (Å²) in [6, 6.07) is 0. The fraction of sp³-hybridized carbons (Fsp3) is 0.333. The summed E-state index contributed by atoms with van der Waals surface area (Å²) < 4.78 is 1.17. The van der Waals surface area contributed by atoms with Gasteiger partial charge in [0.05, 0.1) is 4.92 Å². The lowest BCUT2D eigenvalue weighted by molar-refractivity contribution is -0.385. The molecule has 1 aromatic rings. The van der Waals surface area contributed by atoms with Crippen molar-refractivity contribution in [2.45, 2.75) is 6.92 Å². The lowest BCUT2D eigenvalue weighted by atomic mass is 10.3. The Morgan fingerprint density at radius 3 is 2.54 bits per heavy atom. The minimum atomic E-state index is -1.39. The van der Waals surface area contributed by atoms with Gasteiger partial charge in [-0.2, -0.15) is 5.10 Å². The van der Waals surface area contributed by atoms with Crippen LogP contribution in [0, 0.1) is 17.0 Å². The van der Waals surface area contributed by atoms with E-state index in [1.807, 2.05) is 0 Å². The molecule has 0 atom stereocenters. The molecule has 0 aliphatic rings. The Bertz CT molecular complexity index is 381. The minimum Gasteiger partial charge on any atom is -0.476 e. The van der Waals surface area contributed by atoms with Gasteiger partial charge >= 0.3 is 11.7 Å². The number of nitrogens with zero attached hydrogens (tertiary/aromatic N) is 3. The number of carbonyl (C=O) groups is 1. The molecule has 1 heterocycles. The minimum absolute atomic E-state index is 0.224. The first-order valence-corrected chi connectivity index (χ1v) is 3.36. The van der Waals surface area contributed by atoms with E-state index in [2.05, 4.69) is 5.10 Å². The zero-order valence-corrected chi connectivity index (χ0v) is 7.01. The van der Waals surface area contributed by atoms with Crippen molar-refractivity contribution in [2.75, 3.05) is 0 Å². The molecule has 7 heteroatoms. The third-order valence-corrected chi connectivity index (χ3v) is 1.69. The van der Waals surface area contributed by atoms with Crippen LogP contribution in [0.1, 0.15) is 16.2 Å². The fourth-order valence-corrected chi connectivity index (χ4v) is 0.960. The highest BCUT2D eigenvalue weighted by atomic mass is 16.6. The molecule has 0 saturated heterocycles. The van der Waals surface area contributed by atoms with Gasteiger partial charge in [0.1, 0.15) is 5.69 Å². The van der Waals surface area contributed by atoms with Crippen LogP contribution in [0.25, 0.3) is 0 Å². The lowest BCUT2D eigenvalue weighted by Crippen LogP contribution is -2.02. The van der Waals surface area contributed by atoms with E-state index in [0.717, 1.165) is 0 Å². The highest BCUT2D eigenvalue weighted by Crippen LogP contribution is 2.21. The zero-order valence-electron chi connectivity index (χ0n) is 7.01. The average molecular weight is 185 g/mol. The predicted molar refractivity (Wildman–Crippen MR) is 41.6 cm³/mol. The second kappa shape index (κ2) is 2.85. The Morgan fingerprint density at radius 1 is 1.69 bits per heavy atom. The van der Waals surface area contributed by atoms with Crippen LogP contribution in [0.5, 0.6) is 0 Å². The molecule has 0 fully saturated rings. The monoisotopic (exact) mass is 185 g/mol. The second-order valence-electron chi connectivity index (χ2n) is 2.47. The Balaban J connectivity index is 3.44. The molecule has 0 aliphatic heterocycles. The Labute approximate surface area is 72.7 Å². The van der Waals surface area contributed by atoms with Crippen LogP contribution in [0.4, 0.5) is 5.69 Å². The highest BCUT2D eigenvalue weighted by molar-refractivity contribution is 5.90. The van der Waals surface area contributed by atoms with Crippen molar-refractivity contribution in [1.82, 2.24) is 9.78 Å². The van der Waals surface area contributed by atoms with Gasteiger partial charge in [-0.25, -0.2) is 4.79 Å². The maximum absolute atomic E-state index is 10.5. The molecule has 70 valence electrons. The largest absolute Gasteiger partial charge is 0.476 e. The Hall–Kier alpha value is -1.92. The van der Waals surface area contributed by atoms with E-state index in [1.165, 1.54) is 18.7 Å². The number of hydrogen-bond donors (Lipinski definition) is 1. The van der Waals surface area contributed by atoms with Crippen LogP contribution >= 0.6 is 0 Å². The topological polar surface area (TPSA) is 98.3 Å². The first kappa shape index (κ1) is 9.17. The summed E-state index contributed by atoms with van der Waals surface area (Å²) in [6.45, 7) is 1.44. The van der Waals surface area contributed by atoms with Crippen molar-refractivity contribution in [3.8, 4) is 0 Å². The standard InChI is InChI=1S/C6H7N3O4/c1-3-5(9(12)13)4(6(10)11)7-8(3)2/h1-2H3,(H,10,11). The van der Waals surface area contributed by atoms with Gasteiger partial charge < -0.3 is 5.11 Å². The van der Waals surface area contributed by atoms with Crippen molar-refractivity contribution < 1.29 is 14.8 Å². The molecule has 1 aromatic heterocycles. The molecular formula is C6H7N3O4. The Morgan fingerprint density at radius 2 is 2.23 bits per heavy atom. The van der Waals surface area contributed by atoms with Crippen LogP contribution in [-0.4, -0.2) is 25.8 Å². The van der Waals surface area contributed by atoms with E-state index in [9.17, 15) is 14.9 Å². The van der Waals surface area contributed by atoms with E-state index in [-0.39, 0.29) is 5.69 Å². The summed E-state index contributed by atoms with van der Waals surface area (Å²) in [5, 5.41) is 22.5. The van der Waals surface area contributed by atoms with E-state index in [4.69, 9.17) is 5.11 Å². The number of aromatic nitrogens is 2. The quantitative estimate of drug-likeness (QED) is 0.528. The molecule has 0 bridgehead atoms. The highest BCUT2D eigenvalue weighted by Gasteiger charge is 2.28. The molecule has 1 rings (SSSR count). The normalized spacial score (nSPS) is 10.0. The molecule has 0 saturated carbocycles. The van der Waals surface area contributed by atoms with Crippen LogP contribution in [-0.2, 0) is 7.05 Å². The molecule has 0 unspecified atom stereocenters. The number of aryl methyl sites for hydroxylation is 1. The molecule has 0 radical (unpaired) electrons. The summed E-state index contributed by atoms with van der Waals surface area (Å²) >= 11 is 0. The number of carboxylic acid groups (broad SMARTS) is 1. The van der Waals surface area contributed by atoms with Crippen LogP contribution in [0.15, 0.2) is 0 Å². The van der Waals surface area contributed by atoms with Gasteiger partial charge in [-0.1, -0.05) is 0 Å². The van der Waals surface area contributed by atoms with Crippen LogP contribution < -0.4 is 0 Å². The summed E-state index contributed by atoms with van der Waals surface area (Å²) in [7, 11) is 1.45. The maximum atomic E-state index is 10.5. The summed E-state index contributed by atoms with van der Waals surface area (Å²) in [5.74, 6) is -1.39. The average Bonchev–Trinajstić information content (AvgIpc) is 2.28. The predicted octanol–water partition coefficient (Wildman–Crippen LogP) is 0.335. The van der Waals surface area contributed by atoms with Gasteiger partial charge in [0, 0.05) is 7.05 Å². The number of hydrogen-bond acceptors (Lipinski definition) is 4. The van der Waals surface area contributed by atoms with Gasteiger partial charge in [-0.15, -0.1) is 0 Å². The first-order valence-electron chi connectivity index (χ1n) is 3.36. The summed E-state index contributed by atoms with van der Waals surface area (Å²) in [6.07, 6.45) is 0. The third-order valence-electron chi connectivity index (χ3n) is 1.69. The fourth-order valence-electron chi connectivity index (χ4n) is 0.960. The molecule has 0 aliphatic carbocycles. The van der Waals surface area contributed by atoms with Gasteiger partial charge in [-0.05, 0) is 6.92 Å². The van der Waals surface area contributed by atoms with Crippen molar-refractivity contribution >= 4 is 11.7 Å². The summed E-state index contributed by atoms with van der Waals surface area (Å²) in [4.78, 5) is 20.2. The van der Waals surface area contributed by atoms with E-state index in [1.54, 1.807) is 0 Å². The SMILES string of the molecule is Cc1c([N+](=O)[O-])c(C(=O)O)nn1C. The van der Waals surface area contributed by atoms with Gasteiger partial charge in [0.15, 0.2) is 0 Å². The van der Waals surface area contributed by atoms with E-state index >= 15 is 0 Å². The molecule has 1 N–H and O–H groups in total. The van der Waals surface area contributed by atoms with Crippen LogP contribution in [0.2, 0.25) is 0 Å². The van der Waals surface area contributed by atoms with Crippen molar-refractivity contribution in [3.05, 3.63) is 21.5 Å². The van der Waals surface area contributed by atoms with E-state index in [0.29, 0.717) is 0 Å². The molecule has 0 aromatic carbocycles. The maximum Gasteiger partial charge on any atom is 0.363 e. The second-order valence-corrected chi connectivity index (χ2v) is 2.47. The number of rotatable bonds is 2. The lowest BCUT2D eigenvalue weighted by Gasteiger charge is -1.90. The third kappa shape index (κ3) is 1.35.